The van der Waals surface area contributed by atoms with E-state index in [0.717, 1.165) is 32.7 Å². The highest BCUT2D eigenvalue weighted by Crippen LogP contribution is 1.99. The number of ether oxygens (including phenoxy) is 1. The first-order valence-electron chi connectivity index (χ1n) is 5.39. The van der Waals surface area contributed by atoms with E-state index in [1.54, 1.807) is 0 Å². The Balaban J connectivity index is 2.81. The largest absolute Gasteiger partial charge is 0.380 e. The fraction of sp³-hybridized carbons (Fsp3) is 0.818. The smallest absolute Gasteiger partial charge is 0.0591 e. The minimum absolute atomic E-state index is 0.802. The van der Waals surface area contributed by atoms with E-state index in [-0.39, 0.29) is 0 Å². The fourth-order valence-corrected chi connectivity index (χ4v) is 1.62. The fourth-order valence-electron chi connectivity index (χ4n) is 0.982. The van der Waals surface area contributed by atoms with Gasteiger partial charge in [0, 0.05) is 6.54 Å². The number of hydrogen-bond donors (Lipinski definition) is 1. The van der Waals surface area contributed by atoms with Crippen LogP contribution in [-0.4, -0.2) is 37.8 Å². The van der Waals surface area contributed by atoms with E-state index >= 15 is 0 Å². The molecule has 0 saturated heterocycles. The molecule has 0 radical (unpaired) electrons. The van der Waals surface area contributed by atoms with Crippen molar-refractivity contribution in [3.63, 3.8) is 0 Å². The van der Waals surface area contributed by atoms with Gasteiger partial charge in [0.1, 0.15) is 0 Å². The van der Waals surface area contributed by atoms with Gasteiger partial charge in [-0.25, -0.2) is 0 Å². The van der Waals surface area contributed by atoms with Crippen LogP contribution in [0, 0.1) is 0 Å². The van der Waals surface area contributed by atoms with Gasteiger partial charge in [0.25, 0.3) is 0 Å². The molecule has 0 spiro atoms. The van der Waals surface area contributed by atoms with Crippen LogP contribution < -0.4 is 5.32 Å². The molecule has 0 unspecified atom stereocenters. The molecule has 0 heterocycles. The van der Waals surface area contributed by atoms with Crippen LogP contribution in [0.25, 0.3) is 0 Å². The van der Waals surface area contributed by atoms with Crippen LogP contribution in [-0.2, 0) is 4.74 Å². The van der Waals surface area contributed by atoms with Gasteiger partial charge in [0.2, 0.25) is 0 Å². The molecule has 0 aliphatic rings. The zero-order valence-corrected chi connectivity index (χ0v) is 10.1. The SMILES string of the molecule is C=CCCOCCNCCCSCC. The second-order valence-electron chi connectivity index (χ2n) is 2.99. The van der Waals surface area contributed by atoms with Crippen LogP contribution in [0.5, 0.6) is 0 Å². The Kier molecular flexibility index (Phi) is 13.0. The Morgan fingerprint density at radius 3 is 2.93 bits per heavy atom. The number of thioether (sulfide) groups is 1. The van der Waals surface area contributed by atoms with Crippen LogP contribution in [0.1, 0.15) is 19.8 Å². The van der Waals surface area contributed by atoms with Gasteiger partial charge in [-0.05, 0) is 30.9 Å². The summed E-state index contributed by atoms with van der Waals surface area (Å²) in [5, 5.41) is 3.36. The lowest BCUT2D eigenvalue weighted by Gasteiger charge is -2.04. The van der Waals surface area contributed by atoms with Gasteiger partial charge in [0.15, 0.2) is 0 Å². The van der Waals surface area contributed by atoms with Crippen molar-refractivity contribution >= 4 is 11.8 Å². The molecule has 0 rings (SSSR count). The summed E-state index contributed by atoms with van der Waals surface area (Å²) < 4.78 is 5.36. The molecule has 0 aliphatic carbocycles. The van der Waals surface area contributed by atoms with E-state index in [0.29, 0.717) is 0 Å². The summed E-state index contributed by atoms with van der Waals surface area (Å²) in [6.07, 6.45) is 4.09. The maximum Gasteiger partial charge on any atom is 0.0591 e. The maximum absolute atomic E-state index is 5.36. The van der Waals surface area contributed by atoms with Gasteiger partial charge >= 0.3 is 0 Å². The van der Waals surface area contributed by atoms with E-state index in [4.69, 9.17) is 4.74 Å². The second kappa shape index (κ2) is 13.0. The molecule has 0 aliphatic heterocycles. The van der Waals surface area contributed by atoms with Crippen molar-refractivity contribution in [3.05, 3.63) is 12.7 Å². The molecular formula is C11H23NOS. The summed E-state index contributed by atoms with van der Waals surface area (Å²) in [6.45, 7) is 9.53. The van der Waals surface area contributed by atoms with Gasteiger partial charge in [-0.1, -0.05) is 13.0 Å². The zero-order chi connectivity index (χ0) is 10.5. The number of rotatable bonds is 11. The van der Waals surface area contributed by atoms with Crippen LogP contribution in [0.2, 0.25) is 0 Å². The van der Waals surface area contributed by atoms with Crippen molar-refractivity contribution in [3.8, 4) is 0 Å². The molecule has 0 aromatic rings. The second-order valence-corrected chi connectivity index (χ2v) is 4.38. The van der Waals surface area contributed by atoms with Gasteiger partial charge < -0.3 is 10.1 Å². The van der Waals surface area contributed by atoms with Crippen molar-refractivity contribution in [1.82, 2.24) is 5.32 Å². The number of nitrogens with one attached hydrogen (secondary N) is 1. The number of hydrogen-bond acceptors (Lipinski definition) is 3. The molecule has 2 nitrogen and oxygen atoms in total. The van der Waals surface area contributed by atoms with E-state index < -0.39 is 0 Å². The Morgan fingerprint density at radius 2 is 2.21 bits per heavy atom. The first kappa shape index (κ1) is 14.0. The van der Waals surface area contributed by atoms with Crippen LogP contribution in [0.3, 0.4) is 0 Å². The summed E-state index contributed by atoms with van der Waals surface area (Å²) in [4.78, 5) is 0. The first-order valence-corrected chi connectivity index (χ1v) is 6.54. The summed E-state index contributed by atoms with van der Waals surface area (Å²) in [7, 11) is 0. The summed E-state index contributed by atoms with van der Waals surface area (Å²) in [5.74, 6) is 2.49. The maximum atomic E-state index is 5.36. The van der Waals surface area contributed by atoms with E-state index in [1.165, 1.54) is 17.9 Å². The van der Waals surface area contributed by atoms with Gasteiger partial charge in [-0.15, -0.1) is 6.58 Å². The zero-order valence-electron chi connectivity index (χ0n) is 9.26. The summed E-state index contributed by atoms with van der Waals surface area (Å²) in [5.41, 5.74) is 0. The first-order chi connectivity index (χ1) is 6.91. The normalized spacial score (nSPS) is 10.4. The van der Waals surface area contributed by atoms with Gasteiger partial charge in [0.05, 0.1) is 13.2 Å². The standard InChI is InChI=1S/C11H23NOS/c1-3-5-9-13-10-8-12-7-6-11-14-4-2/h3,12H,1,4-11H2,2H3. The Hall–Kier alpha value is 0.0100. The average molecular weight is 217 g/mol. The third-order valence-electron chi connectivity index (χ3n) is 1.74. The molecule has 0 amide bonds. The molecule has 14 heavy (non-hydrogen) atoms. The average Bonchev–Trinajstić information content (AvgIpc) is 2.21. The van der Waals surface area contributed by atoms with Crippen LogP contribution >= 0.6 is 11.8 Å². The van der Waals surface area contributed by atoms with Gasteiger partial charge in [-0.3, -0.25) is 0 Å². The molecule has 1 N–H and O–H groups in total. The topological polar surface area (TPSA) is 21.3 Å². The van der Waals surface area contributed by atoms with Crippen LogP contribution in [0.15, 0.2) is 12.7 Å². The van der Waals surface area contributed by atoms with E-state index in [2.05, 4.69) is 18.8 Å². The van der Waals surface area contributed by atoms with E-state index in [1.807, 2.05) is 17.8 Å². The Bertz CT molecular complexity index is 120. The predicted molar refractivity (Wildman–Crippen MR) is 66.1 cm³/mol. The highest BCUT2D eigenvalue weighted by atomic mass is 32.2. The summed E-state index contributed by atoms with van der Waals surface area (Å²) in [6, 6.07) is 0. The Morgan fingerprint density at radius 1 is 1.36 bits per heavy atom. The molecule has 0 fully saturated rings. The Labute approximate surface area is 92.5 Å². The molecular weight excluding hydrogens is 194 g/mol. The third-order valence-corrected chi connectivity index (χ3v) is 2.72. The van der Waals surface area contributed by atoms with Crippen molar-refractivity contribution < 1.29 is 4.74 Å². The quantitative estimate of drug-likeness (QED) is 0.424. The monoisotopic (exact) mass is 217 g/mol. The molecule has 84 valence electrons. The lowest BCUT2D eigenvalue weighted by molar-refractivity contribution is 0.140. The van der Waals surface area contributed by atoms with Gasteiger partial charge in [-0.2, -0.15) is 11.8 Å². The molecule has 0 saturated carbocycles. The molecule has 0 aromatic heterocycles. The molecule has 0 bridgehead atoms. The minimum atomic E-state index is 0.802. The molecule has 0 aromatic carbocycles. The minimum Gasteiger partial charge on any atom is -0.380 e. The highest BCUT2D eigenvalue weighted by Gasteiger charge is 1.89. The lowest BCUT2D eigenvalue weighted by Crippen LogP contribution is -2.21. The third kappa shape index (κ3) is 12.0. The van der Waals surface area contributed by atoms with Crippen molar-refractivity contribution in [2.75, 3.05) is 37.8 Å². The van der Waals surface area contributed by atoms with Crippen molar-refractivity contribution in [2.45, 2.75) is 19.8 Å². The molecule has 0 atom stereocenters. The van der Waals surface area contributed by atoms with E-state index in [9.17, 15) is 0 Å². The van der Waals surface area contributed by atoms with Crippen molar-refractivity contribution in [1.29, 1.82) is 0 Å². The lowest BCUT2D eigenvalue weighted by atomic mass is 10.4. The predicted octanol–water partition coefficient (Wildman–Crippen LogP) is 2.31. The van der Waals surface area contributed by atoms with Crippen LogP contribution in [0.4, 0.5) is 0 Å². The van der Waals surface area contributed by atoms with Crippen molar-refractivity contribution in [2.24, 2.45) is 0 Å². The highest BCUT2D eigenvalue weighted by molar-refractivity contribution is 7.99. The molecule has 3 heteroatoms. The summed E-state index contributed by atoms with van der Waals surface area (Å²) >= 11 is 2.00.